The lowest BCUT2D eigenvalue weighted by atomic mass is 9.95. The smallest absolute Gasteiger partial charge is 0.224 e. The summed E-state index contributed by atoms with van der Waals surface area (Å²) in [5.74, 6) is 0.195. The summed E-state index contributed by atoms with van der Waals surface area (Å²) in [6.07, 6.45) is 1.99. The Morgan fingerprint density at radius 2 is 1.96 bits per heavy atom. The van der Waals surface area contributed by atoms with E-state index in [9.17, 15) is 4.79 Å². The zero-order chi connectivity index (χ0) is 18.5. The van der Waals surface area contributed by atoms with Crippen LogP contribution in [0.25, 0.3) is 0 Å². The first-order valence-electron chi connectivity index (χ1n) is 9.35. The summed E-state index contributed by atoms with van der Waals surface area (Å²) in [6, 6.07) is 16.3. The number of hydrogen-bond acceptors (Lipinski definition) is 2. The van der Waals surface area contributed by atoms with Crippen molar-refractivity contribution in [2.75, 3.05) is 13.1 Å². The highest BCUT2D eigenvalue weighted by Gasteiger charge is 2.27. The fraction of sp³-hybridized carbons (Fsp3) is 0.409. The second kappa shape index (κ2) is 8.70. The molecule has 138 valence electrons. The fourth-order valence-electron chi connectivity index (χ4n) is 3.55. The summed E-state index contributed by atoms with van der Waals surface area (Å²) >= 11 is 6.28. The number of halogens is 1. The highest BCUT2D eigenvalue weighted by molar-refractivity contribution is 6.31. The molecule has 1 N–H and O–H groups in total. The molecule has 1 aliphatic heterocycles. The van der Waals surface area contributed by atoms with E-state index in [1.807, 2.05) is 25.1 Å². The number of likely N-dealkylation sites (tertiary alicyclic amines) is 1. The van der Waals surface area contributed by atoms with E-state index >= 15 is 0 Å². The molecule has 0 aromatic heterocycles. The highest BCUT2D eigenvalue weighted by Crippen LogP contribution is 2.23. The lowest BCUT2D eigenvalue weighted by molar-refractivity contribution is -0.127. The van der Waals surface area contributed by atoms with Crippen molar-refractivity contribution in [3.8, 4) is 0 Å². The molecule has 0 aliphatic carbocycles. The predicted octanol–water partition coefficient (Wildman–Crippen LogP) is 4.74. The van der Waals surface area contributed by atoms with Gasteiger partial charge in [-0.1, -0.05) is 59.6 Å². The number of benzene rings is 2. The van der Waals surface area contributed by atoms with Crippen LogP contribution in [-0.4, -0.2) is 23.9 Å². The Morgan fingerprint density at radius 3 is 2.69 bits per heavy atom. The number of hydrogen-bond donors (Lipinski definition) is 1. The molecule has 2 aromatic carbocycles. The molecule has 3 nitrogen and oxygen atoms in total. The first-order chi connectivity index (χ1) is 12.5. The molecule has 2 atom stereocenters. The molecule has 0 radical (unpaired) electrons. The number of piperidine rings is 1. The largest absolute Gasteiger partial charge is 0.349 e. The van der Waals surface area contributed by atoms with Crippen molar-refractivity contribution in [1.82, 2.24) is 10.2 Å². The minimum Gasteiger partial charge on any atom is -0.349 e. The van der Waals surface area contributed by atoms with Crippen molar-refractivity contribution in [3.63, 3.8) is 0 Å². The number of rotatable bonds is 5. The summed E-state index contributed by atoms with van der Waals surface area (Å²) in [5.41, 5.74) is 3.51. The van der Waals surface area contributed by atoms with E-state index in [0.717, 1.165) is 48.6 Å². The molecular weight excluding hydrogens is 344 g/mol. The SMILES string of the molecule is Cc1ccc([C@H](C)NC(=O)[C@H]2CCCN(Cc3ccccc3Cl)C2)cc1. The summed E-state index contributed by atoms with van der Waals surface area (Å²) in [7, 11) is 0. The van der Waals surface area contributed by atoms with Gasteiger partial charge in [0.05, 0.1) is 12.0 Å². The maximum atomic E-state index is 12.7. The van der Waals surface area contributed by atoms with Crippen LogP contribution in [0.2, 0.25) is 5.02 Å². The first kappa shape index (κ1) is 18.9. The average Bonchev–Trinajstić information content (AvgIpc) is 2.64. The lowest BCUT2D eigenvalue weighted by Gasteiger charge is -2.32. The first-order valence-corrected chi connectivity index (χ1v) is 9.73. The summed E-state index contributed by atoms with van der Waals surface area (Å²) < 4.78 is 0. The van der Waals surface area contributed by atoms with Crippen LogP contribution in [0.4, 0.5) is 0 Å². The van der Waals surface area contributed by atoms with E-state index < -0.39 is 0 Å². The van der Waals surface area contributed by atoms with Gasteiger partial charge in [0, 0.05) is 18.1 Å². The lowest BCUT2D eigenvalue weighted by Crippen LogP contribution is -2.43. The molecule has 1 heterocycles. The number of amides is 1. The van der Waals surface area contributed by atoms with E-state index in [4.69, 9.17) is 11.6 Å². The number of carbonyl (C=O) groups is 1. The number of carbonyl (C=O) groups excluding carboxylic acids is 1. The van der Waals surface area contributed by atoms with Crippen LogP contribution in [-0.2, 0) is 11.3 Å². The third-order valence-electron chi connectivity index (χ3n) is 5.16. The van der Waals surface area contributed by atoms with Crippen LogP contribution in [0.1, 0.15) is 42.5 Å². The molecular formula is C22H27ClN2O. The summed E-state index contributed by atoms with van der Waals surface area (Å²) in [4.78, 5) is 15.1. The minimum atomic E-state index is 0.0297. The third-order valence-corrected chi connectivity index (χ3v) is 5.53. The summed E-state index contributed by atoms with van der Waals surface area (Å²) in [5, 5.41) is 3.99. The Labute approximate surface area is 161 Å². The van der Waals surface area contributed by atoms with E-state index in [1.165, 1.54) is 5.56 Å². The quantitative estimate of drug-likeness (QED) is 0.824. The van der Waals surface area contributed by atoms with Crippen molar-refractivity contribution < 1.29 is 4.79 Å². The van der Waals surface area contributed by atoms with Gasteiger partial charge in [0.15, 0.2) is 0 Å². The average molecular weight is 371 g/mol. The van der Waals surface area contributed by atoms with Gasteiger partial charge in [-0.15, -0.1) is 0 Å². The molecule has 3 rings (SSSR count). The van der Waals surface area contributed by atoms with Crippen LogP contribution in [0, 0.1) is 12.8 Å². The molecule has 26 heavy (non-hydrogen) atoms. The number of nitrogens with one attached hydrogen (secondary N) is 1. The van der Waals surface area contributed by atoms with Crippen LogP contribution in [0.3, 0.4) is 0 Å². The van der Waals surface area contributed by atoms with Crippen molar-refractivity contribution in [2.24, 2.45) is 5.92 Å². The molecule has 1 fully saturated rings. The molecule has 0 spiro atoms. The maximum absolute atomic E-state index is 12.7. The van der Waals surface area contributed by atoms with Crippen molar-refractivity contribution in [3.05, 3.63) is 70.2 Å². The molecule has 1 saturated heterocycles. The molecule has 4 heteroatoms. The fourth-order valence-corrected chi connectivity index (χ4v) is 3.75. The summed E-state index contributed by atoms with van der Waals surface area (Å²) in [6.45, 7) is 6.73. The molecule has 0 unspecified atom stereocenters. The van der Waals surface area contributed by atoms with E-state index in [1.54, 1.807) is 0 Å². The standard InChI is InChI=1S/C22H27ClN2O/c1-16-9-11-18(12-10-16)17(2)24-22(26)20-7-5-13-25(15-20)14-19-6-3-4-8-21(19)23/h3-4,6,8-12,17,20H,5,7,13-15H2,1-2H3,(H,24,26)/t17-,20-/m0/s1. The van der Waals surface area contributed by atoms with Gasteiger partial charge in [0.2, 0.25) is 5.91 Å². The van der Waals surface area contributed by atoms with Crippen molar-refractivity contribution in [1.29, 1.82) is 0 Å². The van der Waals surface area contributed by atoms with Crippen molar-refractivity contribution >= 4 is 17.5 Å². The van der Waals surface area contributed by atoms with E-state index in [2.05, 4.69) is 47.5 Å². The molecule has 1 aliphatic rings. The zero-order valence-electron chi connectivity index (χ0n) is 15.5. The van der Waals surface area contributed by atoms with Gasteiger partial charge in [0.25, 0.3) is 0 Å². The molecule has 0 saturated carbocycles. The second-order valence-electron chi connectivity index (χ2n) is 7.31. The normalized spacial score (nSPS) is 19.1. The van der Waals surface area contributed by atoms with Crippen LogP contribution < -0.4 is 5.32 Å². The van der Waals surface area contributed by atoms with Crippen LogP contribution in [0.15, 0.2) is 48.5 Å². The van der Waals surface area contributed by atoms with Gasteiger partial charge in [-0.25, -0.2) is 0 Å². The molecule has 0 bridgehead atoms. The Kier molecular flexibility index (Phi) is 6.33. The van der Waals surface area contributed by atoms with Crippen LogP contribution in [0.5, 0.6) is 0 Å². The minimum absolute atomic E-state index is 0.0297. The van der Waals surface area contributed by atoms with Gasteiger partial charge in [0.1, 0.15) is 0 Å². The second-order valence-corrected chi connectivity index (χ2v) is 7.71. The third kappa shape index (κ3) is 4.87. The number of aryl methyl sites for hydroxylation is 1. The van der Waals surface area contributed by atoms with Gasteiger partial charge >= 0.3 is 0 Å². The molecule has 2 aromatic rings. The Balaban J connectivity index is 1.57. The topological polar surface area (TPSA) is 32.3 Å². The van der Waals surface area contributed by atoms with Gasteiger partial charge in [-0.3, -0.25) is 9.69 Å². The van der Waals surface area contributed by atoms with Gasteiger partial charge in [-0.05, 0) is 50.4 Å². The van der Waals surface area contributed by atoms with Crippen molar-refractivity contribution in [2.45, 2.75) is 39.3 Å². The Bertz CT molecular complexity index is 744. The van der Waals surface area contributed by atoms with Gasteiger partial charge in [-0.2, -0.15) is 0 Å². The van der Waals surface area contributed by atoms with Gasteiger partial charge < -0.3 is 5.32 Å². The predicted molar refractivity (Wildman–Crippen MR) is 107 cm³/mol. The van der Waals surface area contributed by atoms with Crippen LogP contribution >= 0.6 is 11.6 Å². The monoisotopic (exact) mass is 370 g/mol. The highest BCUT2D eigenvalue weighted by atomic mass is 35.5. The number of nitrogens with zero attached hydrogens (tertiary/aromatic N) is 1. The zero-order valence-corrected chi connectivity index (χ0v) is 16.3. The molecule has 1 amide bonds. The van der Waals surface area contributed by atoms with E-state index in [-0.39, 0.29) is 17.9 Å². The maximum Gasteiger partial charge on any atom is 0.224 e. The van der Waals surface area contributed by atoms with E-state index in [0.29, 0.717) is 0 Å². The Hall–Kier alpha value is -1.84. The Morgan fingerprint density at radius 1 is 1.23 bits per heavy atom.